The number of nitrogens with zero attached hydrogens (tertiary/aromatic N) is 3. The highest BCUT2D eigenvalue weighted by Gasteiger charge is 2.24. The van der Waals surface area contributed by atoms with Crippen LogP contribution in [0.5, 0.6) is 0 Å². The number of amides is 1. The first kappa shape index (κ1) is 14.0. The molecule has 0 aliphatic carbocycles. The van der Waals surface area contributed by atoms with Gasteiger partial charge in [-0.3, -0.25) is 14.7 Å². The lowest BCUT2D eigenvalue weighted by molar-refractivity contribution is -0.133. The Morgan fingerprint density at radius 1 is 1.37 bits per heavy atom. The molecule has 4 nitrogen and oxygen atoms in total. The van der Waals surface area contributed by atoms with Crippen LogP contribution < -0.4 is 0 Å². The topological polar surface area (TPSA) is 36.4 Å². The second kappa shape index (κ2) is 6.66. The van der Waals surface area contributed by atoms with Gasteiger partial charge in [0.15, 0.2) is 0 Å². The van der Waals surface area contributed by atoms with Crippen molar-refractivity contribution in [1.82, 2.24) is 14.8 Å². The molecular weight excluding hydrogens is 238 g/mol. The van der Waals surface area contributed by atoms with Crippen LogP contribution >= 0.6 is 0 Å². The normalized spacial score (nSPS) is 18.3. The molecule has 2 heterocycles. The van der Waals surface area contributed by atoms with Crippen LogP contribution in [0.2, 0.25) is 0 Å². The quantitative estimate of drug-likeness (QED) is 0.832. The van der Waals surface area contributed by atoms with E-state index >= 15 is 0 Å². The molecule has 19 heavy (non-hydrogen) atoms. The van der Waals surface area contributed by atoms with E-state index in [4.69, 9.17) is 0 Å². The monoisotopic (exact) mass is 261 g/mol. The van der Waals surface area contributed by atoms with Crippen LogP contribution in [0.4, 0.5) is 0 Å². The summed E-state index contributed by atoms with van der Waals surface area (Å²) in [5, 5.41) is 0. The molecule has 0 bridgehead atoms. The minimum absolute atomic E-state index is 0.302. The van der Waals surface area contributed by atoms with Crippen molar-refractivity contribution in [2.24, 2.45) is 0 Å². The highest BCUT2D eigenvalue weighted by Crippen LogP contribution is 2.20. The lowest BCUT2D eigenvalue weighted by Gasteiger charge is -2.38. The van der Waals surface area contributed by atoms with Crippen molar-refractivity contribution < 1.29 is 4.79 Å². The van der Waals surface area contributed by atoms with Crippen molar-refractivity contribution in [2.45, 2.75) is 32.7 Å². The van der Waals surface area contributed by atoms with Crippen LogP contribution in [0.25, 0.3) is 0 Å². The molecule has 104 valence electrons. The van der Waals surface area contributed by atoms with Gasteiger partial charge in [-0.25, -0.2) is 0 Å². The summed E-state index contributed by atoms with van der Waals surface area (Å²) in [4.78, 5) is 20.4. The van der Waals surface area contributed by atoms with Crippen molar-refractivity contribution in [1.29, 1.82) is 0 Å². The Balaban J connectivity index is 1.88. The lowest BCUT2D eigenvalue weighted by Crippen LogP contribution is -2.49. The summed E-state index contributed by atoms with van der Waals surface area (Å²) >= 11 is 0. The van der Waals surface area contributed by atoms with Crippen LogP contribution in [0.1, 0.15) is 38.3 Å². The van der Waals surface area contributed by atoms with E-state index < -0.39 is 0 Å². The fraction of sp³-hybridized carbons (Fsp3) is 0.600. The first-order chi connectivity index (χ1) is 9.22. The van der Waals surface area contributed by atoms with Gasteiger partial charge in [0.25, 0.3) is 0 Å². The van der Waals surface area contributed by atoms with Gasteiger partial charge in [0.05, 0.1) is 0 Å². The van der Waals surface area contributed by atoms with Crippen molar-refractivity contribution in [3.8, 4) is 0 Å². The van der Waals surface area contributed by atoms with E-state index in [0.717, 1.165) is 32.6 Å². The predicted molar refractivity (Wildman–Crippen MR) is 75.7 cm³/mol. The minimum Gasteiger partial charge on any atom is -0.340 e. The number of carbonyl (C=O) groups is 1. The highest BCUT2D eigenvalue weighted by molar-refractivity contribution is 5.76. The van der Waals surface area contributed by atoms with Crippen molar-refractivity contribution in [3.63, 3.8) is 0 Å². The third-order valence-electron chi connectivity index (χ3n) is 3.85. The smallest absolute Gasteiger partial charge is 0.222 e. The summed E-state index contributed by atoms with van der Waals surface area (Å²) in [7, 11) is 0. The van der Waals surface area contributed by atoms with Gasteiger partial charge in [-0.2, -0.15) is 0 Å². The fourth-order valence-corrected chi connectivity index (χ4v) is 2.56. The molecule has 1 amide bonds. The first-order valence-electron chi connectivity index (χ1n) is 7.14. The summed E-state index contributed by atoms with van der Waals surface area (Å²) in [6.07, 6.45) is 5.35. The Bertz CT molecular complexity index is 399. The number of rotatable bonds is 4. The predicted octanol–water partition coefficient (Wildman–Crippen LogP) is 2.09. The Morgan fingerprint density at radius 2 is 2.11 bits per heavy atom. The zero-order valence-electron chi connectivity index (χ0n) is 11.9. The van der Waals surface area contributed by atoms with Crippen LogP contribution in [-0.2, 0) is 4.79 Å². The van der Waals surface area contributed by atoms with E-state index in [-0.39, 0.29) is 0 Å². The van der Waals surface area contributed by atoms with Gasteiger partial charge >= 0.3 is 0 Å². The average Bonchev–Trinajstić information content (AvgIpc) is 2.48. The minimum atomic E-state index is 0.302. The molecule has 1 fully saturated rings. The standard InChI is InChI=1S/C15H23N3O/c1-3-5-15(19)18-10-8-17(9-11-18)13(2)14-6-4-7-16-12-14/h4,6-7,12-13H,3,5,8-11H2,1-2H3. The molecule has 1 aliphatic rings. The molecule has 2 rings (SSSR count). The Morgan fingerprint density at radius 3 is 2.68 bits per heavy atom. The van der Waals surface area contributed by atoms with Gasteiger partial charge in [-0.05, 0) is 25.0 Å². The number of piperazine rings is 1. The van der Waals surface area contributed by atoms with E-state index in [1.807, 2.05) is 17.2 Å². The molecular formula is C15H23N3O. The van der Waals surface area contributed by atoms with Crippen molar-refractivity contribution in [3.05, 3.63) is 30.1 Å². The second-order valence-electron chi connectivity index (χ2n) is 5.13. The van der Waals surface area contributed by atoms with Crippen LogP contribution in [0, 0.1) is 0 Å². The molecule has 1 unspecified atom stereocenters. The summed E-state index contributed by atoms with van der Waals surface area (Å²) in [6, 6.07) is 4.47. The van der Waals surface area contributed by atoms with Crippen molar-refractivity contribution >= 4 is 5.91 Å². The Labute approximate surface area is 115 Å². The third-order valence-corrected chi connectivity index (χ3v) is 3.85. The molecule has 0 saturated carbocycles. The van der Waals surface area contributed by atoms with Gasteiger partial charge in [-0.15, -0.1) is 0 Å². The molecule has 0 N–H and O–H groups in total. The maximum absolute atomic E-state index is 11.8. The summed E-state index contributed by atoms with van der Waals surface area (Å²) in [6.45, 7) is 7.86. The molecule has 4 heteroatoms. The van der Waals surface area contributed by atoms with Gasteiger partial charge in [-0.1, -0.05) is 13.0 Å². The van der Waals surface area contributed by atoms with Crippen molar-refractivity contribution in [2.75, 3.05) is 26.2 Å². The van der Waals surface area contributed by atoms with E-state index in [9.17, 15) is 4.79 Å². The maximum atomic E-state index is 11.8. The van der Waals surface area contributed by atoms with E-state index in [1.165, 1.54) is 5.56 Å². The van der Waals surface area contributed by atoms with E-state index in [2.05, 4.69) is 29.8 Å². The van der Waals surface area contributed by atoms with Gasteiger partial charge in [0, 0.05) is 51.0 Å². The number of hydrogen-bond donors (Lipinski definition) is 0. The molecule has 0 aromatic carbocycles. The summed E-state index contributed by atoms with van der Waals surface area (Å²) in [5.41, 5.74) is 1.25. The molecule has 1 aliphatic heterocycles. The van der Waals surface area contributed by atoms with Crippen LogP contribution in [0.15, 0.2) is 24.5 Å². The number of aromatic nitrogens is 1. The summed E-state index contributed by atoms with van der Waals surface area (Å²) < 4.78 is 0. The lowest BCUT2D eigenvalue weighted by atomic mass is 10.1. The maximum Gasteiger partial charge on any atom is 0.222 e. The summed E-state index contributed by atoms with van der Waals surface area (Å²) in [5.74, 6) is 0.302. The highest BCUT2D eigenvalue weighted by atomic mass is 16.2. The molecule has 0 radical (unpaired) electrons. The van der Waals surface area contributed by atoms with Crippen LogP contribution in [-0.4, -0.2) is 46.9 Å². The molecule has 1 aromatic rings. The Hall–Kier alpha value is -1.42. The molecule has 1 saturated heterocycles. The SMILES string of the molecule is CCCC(=O)N1CCN(C(C)c2cccnc2)CC1. The van der Waals surface area contributed by atoms with Gasteiger partial charge < -0.3 is 4.90 Å². The first-order valence-corrected chi connectivity index (χ1v) is 7.14. The number of pyridine rings is 1. The van der Waals surface area contributed by atoms with Crippen LogP contribution in [0.3, 0.4) is 0 Å². The Kier molecular flexibility index (Phi) is 4.91. The number of carbonyl (C=O) groups excluding carboxylic acids is 1. The van der Waals surface area contributed by atoms with E-state index in [1.54, 1.807) is 6.20 Å². The van der Waals surface area contributed by atoms with Gasteiger partial charge in [0.2, 0.25) is 5.91 Å². The van der Waals surface area contributed by atoms with E-state index in [0.29, 0.717) is 18.4 Å². The zero-order chi connectivity index (χ0) is 13.7. The molecule has 1 aromatic heterocycles. The van der Waals surface area contributed by atoms with Gasteiger partial charge in [0.1, 0.15) is 0 Å². The average molecular weight is 261 g/mol. The zero-order valence-corrected chi connectivity index (χ0v) is 11.9. The largest absolute Gasteiger partial charge is 0.340 e. The molecule has 0 spiro atoms. The second-order valence-corrected chi connectivity index (χ2v) is 5.13. The molecule has 1 atom stereocenters. The fourth-order valence-electron chi connectivity index (χ4n) is 2.56. The number of hydrogen-bond acceptors (Lipinski definition) is 3. The third kappa shape index (κ3) is 3.53.